The normalized spacial score (nSPS) is 19.9. The van der Waals surface area contributed by atoms with Crippen molar-refractivity contribution in [3.63, 3.8) is 0 Å². The van der Waals surface area contributed by atoms with Crippen molar-refractivity contribution in [3.05, 3.63) is 17.9 Å². The lowest BCUT2D eigenvalue weighted by molar-refractivity contribution is 0.306. The fourth-order valence-corrected chi connectivity index (χ4v) is 3.33. The van der Waals surface area contributed by atoms with Crippen LogP contribution in [0.5, 0.6) is 0 Å². The second kappa shape index (κ2) is 5.57. The van der Waals surface area contributed by atoms with Crippen LogP contribution in [0.3, 0.4) is 0 Å². The largest absolute Gasteiger partial charge is 0.456 e. The summed E-state index contributed by atoms with van der Waals surface area (Å²) in [7, 11) is -4.30. The highest BCUT2D eigenvalue weighted by Gasteiger charge is 2.28. The van der Waals surface area contributed by atoms with Crippen LogP contribution in [0.15, 0.2) is 16.7 Å². The second-order valence-electron chi connectivity index (χ2n) is 5.00. The Bertz CT molecular complexity index is 433. The maximum absolute atomic E-state index is 11.1. The van der Waals surface area contributed by atoms with Crippen LogP contribution in [0.2, 0.25) is 0 Å². The number of nitrogens with two attached hydrogens (primary N) is 1. The smallest absolute Gasteiger partial charge is 0.391 e. The predicted molar refractivity (Wildman–Crippen MR) is 68.8 cm³/mol. The molecule has 4 N–H and O–H groups in total. The lowest BCUT2D eigenvalue weighted by Gasteiger charge is -2.28. The number of hydrogen-bond acceptors (Lipinski definition) is 3. The number of rotatable bonds is 4. The van der Waals surface area contributed by atoms with Crippen molar-refractivity contribution >= 4 is 13.1 Å². The average molecular weight is 273 g/mol. The molecule has 0 aromatic carbocycles. The fourth-order valence-electron chi connectivity index (χ4n) is 2.82. The summed E-state index contributed by atoms with van der Waals surface area (Å²) < 4.78 is 16.1. The lowest BCUT2D eigenvalue weighted by Crippen LogP contribution is -2.23. The maximum Gasteiger partial charge on any atom is 0.391 e. The van der Waals surface area contributed by atoms with E-state index < -0.39 is 7.60 Å². The van der Waals surface area contributed by atoms with E-state index in [9.17, 15) is 4.57 Å². The summed E-state index contributed by atoms with van der Waals surface area (Å²) in [6.45, 7) is 0.491. The Kier molecular flexibility index (Phi) is 4.28. The van der Waals surface area contributed by atoms with Gasteiger partial charge in [-0.1, -0.05) is 19.3 Å². The number of hydrogen-bond donors (Lipinski definition) is 3. The zero-order chi connectivity index (χ0) is 13.2. The first-order chi connectivity index (χ1) is 8.52. The van der Waals surface area contributed by atoms with Gasteiger partial charge in [-0.15, -0.1) is 0 Å². The molecule has 2 rings (SSSR count). The molecule has 1 aliphatic carbocycles. The highest BCUT2D eigenvalue weighted by molar-refractivity contribution is 7.59. The molecule has 102 valence electrons. The molecule has 0 amide bonds. The Morgan fingerprint density at radius 3 is 2.56 bits per heavy atom. The summed E-state index contributed by atoms with van der Waals surface area (Å²) in [5.74, 6) is 0.653. The van der Waals surface area contributed by atoms with E-state index in [0.717, 1.165) is 18.4 Å². The molecule has 1 heterocycles. The summed E-state index contributed by atoms with van der Waals surface area (Å²) in [5.41, 5.74) is 6.38. The van der Waals surface area contributed by atoms with Crippen LogP contribution in [0, 0.1) is 5.92 Å². The molecule has 1 fully saturated rings. The van der Waals surface area contributed by atoms with E-state index in [-0.39, 0.29) is 11.4 Å². The zero-order valence-electron chi connectivity index (χ0n) is 10.3. The Morgan fingerprint density at radius 1 is 1.39 bits per heavy atom. The molecular weight excluding hydrogens is 253 g/mol. The molecule has 0 saturated heterocycles. The maximum atomic E-state index is 11.1. The van der Waals surface area contributed by atoms with Gasteiger partial charge in [0.05, 0.1) is 6.26 Å². The zero-order valence-corrected chi connectivity index (χ0v) is 11.2. The van der Waals surface area contributed by atoms with Crippen molar-refractivity contribution in [1.82, 2.24) is 0 Å². The van der Waals surface area contributed by atoms with Crippen molar-refractivity contribution in [3.8, 4) is 0 Å². The molecule has 5 nitrogen and oxygen atoms in total. The van der Waals surface area contributed by atoms with Crippen LogP contribution in [0.25, 0.3) is 0 Å². The molecule has 1 atom stereocenters. The highest BCUT2D eigenvalue weighted by Crippen LogP contribution is 2.38. The highest BCUT2D eigenvalue weighted by atomic mass is 31.2. The van der Waals surface area contributed by atoms with Gasteiger partial charge in [-0.05, 0) is 36.9 Å². The van der Waals surface area contributed by atoms with Gasteiger partial charge in [-0.25, -0.2) is 0 Å². The van der Waals surface area contributed by atoms with Crippen molar-refractivity contribution in [2.45, 2.75) is 38.0 Å². The lowest BCUT2D eigenvalue weighted by atomic mass is 9.77. The van der Waals surface area contributed by atoms with Crippen LogP contribution in [0.4, 0.5) is 0 Å². The monoisotopic (exact) mass is 273 g/mol. The quantitative estimate of drug-likeness (QED) is 0.725. The van der Waals surface area contributed by atoms with Crippen LogP contribution in [-0.4, -0.2) is 16.3 Å². The first-order valence-corrected chi connectivity index (χ1v) is 7.98. The molecule has 0 spiro atoms. The van der Waals surface area contributed by atoms with E-state index in [0.29, 0.717) is 12.5 Å². The molecule has 1 aliphatic rings. The molecule has 1 aromatic rings. The van der Waals surface area contributed by atoms with Crippen molar-refractivity contribution in [2.75, 3.05) is 6.54 Å². The minimum absolute atomic E-state index is 0.148. The van der Waals surface area contributed by atoms with Crippen LogP contribution < -0.4 is 11.2 Å². The molecule has 6 heteroatoms. The van der Waals surface area contributed by atoms with Gasteiger partial charge in [0.15, 0.2) is 0 Å². The molecule has 0 aliphatic heterocycles. The Labute approximate surface area is 107 Å². The van der Waals surface area contributed by atoms with E-state index in [2.05, 4.69) is 0 Å². The summed E-state index contributed by atoms with van der Waals surface area (Å²) in [6, 6.07) is 1.47. The first kappa shape index (κ1) is 13.8. The van der Waals surface area contributed by atoms with Gasteiger partial charge in [-0.3, -0.25) is 4.57 Å². The summed E-state index contributed by atoms with van der Waals surface area (Å²) in [4.78, 5) is 18.1. The van der Waals surface area contributed by atoms with Crippen molar-refractivity contribution in [2.24, 2.45) is 11.7 Å². The molecule has 18 heavy (non-hydrogen) atoms. The average Bonchev–Trinajstić information content (AvgIpc) is 2.81. The number of furan rings is 1. The van der Waals surface area contributed by atoms with Gasteiger partial charge in [0, 0.05) is 5.92 Å². The Balaban J connectivity index is 2.17. The third-order valence-corrected chi connectivity index (χ3v) is 4.60. The van der Waals surface area contributed by atoms with Gasteiger partial charge in [-0.2, -0.15) is 0 Å². The van der Waals surface area contributed by atoms with E-state index in [1.807, 2.05) is 0 Å². The fraction of sp³-hybridized carbons (Fsp3) is 0.667. The standard InChI is InChI=1S/C12H20NO4P/c13-7-11(9-4-2-1-3-5-9)10-6-12(17-8-10)18(14,15)16/h6,8-9,11H,1-5,7,13H2,(H2,14,15,16). The third-order valence-electron chi connectivity index (χ3n) is 3.79. The van der Waals surface area contributed by atoms with Crippen LogP contribution in [-0.2, 0) is 4.57 Å². The predicted octanol–water partition coefficient (Wildman–Crippen LogP) is 1.71. The van der Waals surface area contributed by atoms with Gasteiger partial charge >= 0.3 is 7.60 Å². The van der Waals surface area contributed by atoms with E-state index in [4.69, 9.17) is 19.9 Å². The van der Waals surface area contributed by atoms with E-state index in [1.54, 1.807) is 0 Å². The first-order valence-electron chi connectivity index (χ1n) is 6.37. The topological polar surface area (TPSA) is 96.7 Å². The van der Waals surface area contributed by atoms with Gasteiger partial charge in [0.25, 0.3) is 0 Å². The molecule has 1 saturated carbocycles. The Morgan fingerprint density at radius 2 is 2.06 bits per heavy atom. The SMILES string of the molecule is NCC(c1coc(P(=O)(O)O)c1)C1CCCCC1. The molecule has 1 unspecified atom stereocenters. The Hall–Kier alpha value is -0.610. The minimum atomic E-state index is -4.30. The van der Waals surface area contributed by atoms with Crippen molar-refractivity contribution < 1.29 is 18.8 Å². The van der Waals surface area contributed by atoms with Gasteiger partial charge in [0.2, 0.25) is 5.50 Å². The molecule has 0 radical (unpaired) electrons. The van der Waals surface area contributed by atoms with Crippen LogP contribution in [0.1, 0.15) is 43.6 Å². The van der Waals surface area contributed by atoms with Gasteiger partial charge < -0.3 is 19.9 Å². The molecule has 1 aromatic heterocycles. The van der Waals surface area contributed by atoms with Gasteiger partial charge in [0.1, 0.15) is 0 Å². The third kappa shape index (κ3) is 3.04. The summed E-state index contributed by atoms with van der Waals surface area (Å²) >= 11 is 0. The second-order valence-corrected chi connectivity index (χ2v) is 6.53. The summed E-state index contributed by atoms with van der Waals surface area (Å²) in [5, 5.41) is 0. The summed E-state index contributed by atoms with van der Waals surface area (Å²) in [6.07, 6.45) is 7.42. The molecular formula is C12H20NO4P. The minimum Gasteiger partial charge on any atom is -0.456 e. The molecule has 0 bridgehead atoms. The van der Waals surface area contributed by atoms with E-state index >= 15 is 0 Å². The van der Waals surface area contributed by atoms with Crippen molar-refractivity contribution in [1.29, 1.82) is 0 Å². The van der Waals surface area contributed by atoms with Crippen LogP contribution >= 0.6 is 7.60 Å². The van der Waals surface area contributed by atoms with E-state index in [1.165, 1.54) is 31.6 Å².